The summed E-state index contributed by atoms with van der Waals surface area (Å²) in [6, 6.07) is 4.59. The molecule has 0 bridgehead atoms. The Kier molecular flexibility index (Phi) is 3.13. The molecule has 1 heterocycles. The molecular weight excluding hydrogens is 257 g/mol. The van der Waals surface area contributed by atoms with Crippen LogP contribution in [0.4, 0.5) is 13.2 Å². The number of nitriles is 1. The van der Waals surface area contributed by atoms with Gasteiger partial charge in [-0.3, -0.25) is 4.79 Å². The number of benzene rings is 1. The Morgan fingerprint density at radius 1 is 1.21 bits per heavy atom. The summed E-state index contributed by atoms with van der Waals surface area (Å²) in [6.07, 6.45) is 1.09. The molecule has 0 N–H and O–H groups in total. The van der Waals surface area contributed by atoms with Gasteiger partial charge >= 0.3 is 0 Å². The van der Waals surface area contributed by atoms with Crippen LogP contribution in [0.15, 0.2) is 29.2 Å². The van der Waals surface area contributed by atoms with Gasteiger partial charge in [0.05, 0.1) is 5.69 Å². The lowest BCUT2D eigenvalue weighted by molar-refractivity contribution is 0.444. The van der Waals surface area contributed by atoms with Crippen molar-refractivity contribution in [3.05, 3.63) is 63.3 Å². The number of pyridine rings is 1. The van der Waals surface area contributed by atoms with Gasteiger partial charge in [0.1, 0.15) is 11.6 Å². The van der Waals surface area contributed by atoms with Crippen molar-refractivity contribution in [1.82, 2.24) is 4.57 Å². The van der Waals surface area contributed by atoms with Crippen molar-refractivity contribution in [2.45, 2.75) is 6.92 Å². The minimum atomic E-state index is -1.60. The Bertz CT molecular complexity index is 760. The highest BCUT2D eigenvalue weighted by Crippen LogP contribution is 2.20. The third-order valence-electron chi connectivity index (χ3n) is 2.64. The maximum absolute atomic E-state index is 13.7. The molecule has 0 saturated heterocycles. The van der Waals surface area contributed by atoms with Crippen LogP contribution in [-0.2, 0) is 0 Å². The lowest BCUT2D eigenvalue weighted by Gasteiger charge is -2.12. The fourth-order valence-electron chi connectivity index (χ4n) is 1.68. The summed E-state index contributed by atoms with van der Waals surface area (Å²) >= 11 is 0. The molecule has 3 nitrogen and oxygen atoms in total. The van der Waals surface area contributed by atoms with Crippen molar-refractivity contribution in [3.8, 4) is 11.8 Å². The van der Waals surface area contributed by atoms with Gasteiger partial charge in [0.25, 0.3) is 0 Å². The number of rotatable bonds is 1. The maximum Gasteiger partial charge on any atom is 0.199 e. The maximum atomic E-state index is 13.7. The summed E-state index contributed by atoms with van der Waals surface area (Å²) in [5.41, 5.74) is -0.698. The van der Waals surface area contributed by atoms with Crippen molar-refractivity contribution in [2.24, 2.45) is 0 Å². The van der Waals surface area contributed by atoms with Gasteiger partial charge < -0.3 is 4.57 Å². The average Bonchev–Trinajstić information content (AvgIpc) is 2.37. The molecule has 2 aromatic rings. The third kappa shape index (κ3) is 2.10. The number of halogens is 3. The van der Waals surface area contributed by atoms with E-state index in [0.717, 1.165) is 29.0 Å². The zero-order valence-electron chi connectivity index (χ0n) is 9.75. The molecule has 0 saturated carbocycles. The van der Waals surface area contributed by atoms with E-state index >= 15 is 0 Å². The minimum Gasteiger partial charge on any atom is -0.317 e. The SMILES string of the molecule is Cc1cc(=O)c(C#N)cn1-c1ccc(F)c(F)c1F. The first kappa shape index (κ1) is 12.9. The Labute approximate surface area is 106 Å². The summed E-state index contributed by atoms with van der Waals surface area (Å²) in [7, 11) is 0. The lowest BCUT2D eigenvalue weighted by atomic mass is 10.2. The van der Waals surface area contributed by atoms with Crippen LogP contribution in [0.5, 0.6) is 0 Å². The van der Waals surface area contributed by atoms with E-state index in [9.17, 15) is 18.0 Å². The first-order valence-electron chi connectivity index (χ1n) is 5.23. The highest BCUT2D eigenvalue weighted by molar-refractivity contribution is 5.40. The second kappa shape index (κ2) is 4.61. The molecule has 0 amide bonds. The largest absolute Gasteiger partial charge is 0.317 e. The molecule has 0 aliphatic carbocycles. The minimum absolute atomic E-state index is 0.213. The molecule has 6 heteroatoms. The Morgan fingerprint density at radius 2 is 1.89 bits per heavy atom. The van der Waals surface area contributed by atoms with E-state index in [1.165, 1.54) is 6.92 Å². The zero-order chi connectivity index (χ0) is 14.2. The Balaban J connectivity index is 2.77. The van der Waals surface area contributed by atoms with Crippen LogP contribution in [0.1, 0.15) is 11.3 Å². The van der Waals surface area contributed by atoms with Gasteiger partial charge in [-0.2, -0.15) is 5.26 Å². The van der Waals surface area contributed by atoms with Gasteiger partial charge in [-0.1, -0.05) is 0 Å². The standard InChI is InChI=1S/C13H7F3N2O/c1-7-4-11(19)8(5-17)6-18(7)10-3-2-9(14)12(15)13(10)16/h2-4,6H,1H3. The van der Waals surface area contributed by atoms with E-state index < -0.39 is 22.9 Å². The quantitative estimate of drug-likeness (QED) is 0.742. The second-order valence-corrected chi connectivity index (χ2v) is 3.87. The number of aromatic nitrogens is 1. The second-order valence-electron chi connectivity index (χ2n) is 3.87. The lowest BCUT2D eigenvalue weighted by Crippen LogP contribution is -2.13. The molecule has 0 fully saturated rings. The molecule has 1 aromatic carbocycles. The molecule has 0 atom stereocenters. The smallest absolute Gasteiger partial charge is 0.199 e. The summed E-state index contributed by atoms with van der Waals surface area (Å²) in [6.45, 7) is 1.49. The fraction of sp³-hybridized carbons (Fsp3) is 0.0769. The first-order valence-corrected chi connectivity index (χ1v) is 5.23. The summed E-state index contributed by atoms with van der Waals surface area (Å²) in [5.74, 6) is -4.29. The summed E-state index contributed by atoms with van der Waals surface area (Å²) < 4.78 is 40.8. The third-order valence-corrected chi connectivity index (χ3v) is 2.64. The molecule has 0 aliphatic rings. The molecule has 96 valence electrons. The van der Waals surface area contributed by atoms with Gasteiger partial charge in [0.2, 0.25) is 0 Å². The van der Waals surface area contributed by atoms with E-state index in [2.05, 4.69) is 0 Å². The van der Waals surface area contributed by atoms with Gasteiger partial charge in [0, 0.05) is 18.0 Å². The molecule has 0 unspecified atom stereocenters. The topological polar surface area (TPSA) is 45.8 Å². The van der Waals surface area contributed by atoms with Gasteiger partial charge in [-0.05, 0) is 19.1 Å². The van der Waals surface area contributed by atoms with Crippen LogP contribution in [-0.4, -0.2) is 4.57 Å². The summed E-state index contributed by atoms with van der Waals surface area (Å²) in [5, 5.41) is 8.76. The van der Waals surface area contributed by atoms with E-state index in [1.807, 2.05) is 0 Å². The average molecular weight is 264 g/mol. The monoisotopic (exact) mass is 264 g/mol. The fourth-order valence-corrected chi connectivity index (χ4v) is 1.68. The van der Waals surface area contributed by atoms with E-state index in [4.69, 9.17) is 5.26 Å². The van der Waals surface area contributed by atoms with Crippen molar-refractivity contribution in [2.75, 3.05) is 0 Å². The summed E-state index contributed by atoms with van der Waals surface area (Å²) in [4.78, 5) is 11.4. The first-order chi connectivity index (χ1) is 8.95. The van der Waals surface area contributed by atoms with E-state index in [0.29, 0.717) is 5.69 Å². The Hall–Kier alpha value is -2.55. The van der Waals surface area contributed by atoms with Gasteiger partial charge in [-0.25, -0.2) is 13.2 Å². The normalized spacial score (nSPS) is 10.3. The molecule has 0 radical (unpaired) electrons. The molecule has 1 aromatic heterocycles. The van der Waals surface area contributed by atoms with Crippen LogP contribution >= 0.6 is 0 Å². The predicted octanol–water partition coefficient (Wildman–Crippen LogP) is 2.43. The molecule has 0 spiro atoms. The van der Waals surface area contributed by atoms with E-state index in [-0.39, 0.29) is 11.3 Å². The van der Waals surface area contributed by atoms with Crippen LogP contribution in [0.3, 0.4) is 0 Å². The van der Waals surface area contributed by atoms with Crippen LogP contribution in [0, 0.1) is 35.7 Å². The number of hydrogen-bond donors (Lipinski definition) is 0. The Morgan fingerprint density at radius 3 is 2.53 bits per heavy atom. The molecular formula is C13H7F3N2O. The van der Waals surface area contributed by atoms with Crippen molar-refractivity contribution < 1.29 is 13.2 Å². The highest BCUT2D eigenvalue weighted by atomic mass is 19.2. The van der Waals surface area contributed by atoms with Crippen LogP contribution in [0.2, 0.25) is 0 Å². The van der Waals surface area contributed by atoms with Crippen LogP contribution in [0.25, 0.3) is 5.69 Å². The highest BCUT2D eigenvalue weighted by Gasteiger charge is 2.16. The molecule has 0 aliphatic heterocycles. The predicted molar refractivity (Wildman–Crippen MR) is 61.4 cm³/mol. The van der Waals surface area contributed by atoms with Gasteiger partial charge in [0.15, 0.2) is 22.9 Å². The van der Waals surface area contributed by atoms with E-state index in [1.54, 1.807) is 6.07 Å². The van der Waals surface area contributed by atoms with Crippen LogP contribution < -0.4 is 5.43 Å². The van der Waals surface area contributed by atoms with Gasteiger partial charge in [-0.15, -0.1) is 0 Å². The van der Waals surface area contributed by atoms with Crippen molar-refractivity contribution in [1.29, 1.82) is 5.26 Å². The molecule has 2 rings (SSSR count). The van der Waals surface area contributed by atoms with Crippen molar-refractivity contribution >= 4 is 0 Å². The number of aryl methyl sites for hydroxylation is 1. The number of nitrogens with zero attached hydrogens (tertiary/aromatic N) is 2. The zero-order valence-corrected chi connectivity index (χ0v) is 9.75. The molecule has 19 heavy (non-hydrogen) atoms. The number of hydrogen-bond acceptors (Lipinski definition) is 2. The van der Waals surface area contributed by atoms with Crippen molar-refractivity contribution in [3.63, 3.8) is 0 Å².